The Morgan fingerprint density at radius 1 is 1.26 bits per heavy atom. The minimum absolute atomic E-state index is 0.0806. The number of benzene rings is 1. The Hall–Kier alpha value is -1.87. The average molecular weight is 413 g/mol. The molecule has 9 heteroatoms. The number of quaternary nitrogens is 1. The SMILES string of the molecule is C[C@H](NC(=O)C[NH+]1CCN(S(=O)(=O)c2ccc(Cl)cc2)CC1)c1ccco1. The van der Waals surface area contributed by atoms with Crippen LogP contribution in [0.2, 0.25) is 5.02 Å². The highest BCUT2D eigenvalue weighted by Crippen LogP contribution is 2.18. The molecule has 1 atom stereocenters. The summed E-state index contributed by atoms with van der Waals surface area (Å²) in [7, 11) is -3.53. The lowest BCUT2D eigenvalue weighted by atomic mass is 10.2. The number of rotatable bonds is 6. The van der Waals surface area contributed by atoms with Gasteiger partial charge in [0.25, 0.3) is 5.91 Å². The van der Waals surface area contributed by atoms with E-state index in [-0.39, 0.29) is 16.8 Å². The fraction of sp³-hybridized carbons (Fsp3) is 0.389. The standard InChI is InChI=1S/C18H22ClN3O4S/c1-14(17-3-2-12-26-17)20-18(23)13-21-8-10-22(11-9-21)27(24,25)16-6-4-15(19)5-7-16/h2-7,12,14H,8-11,13H2,1H3,(H,20,23)/p+1/t14-/m0/s1. The molecule has 1 amide bonds. The lowest BCUT2D eigenvalue weighted by Crippen LogP contribution is -3.15. The van der Waals surface area contributed by atoms with Crippen LogP contribution < -0.4 is 10.2 Å². The quantitative estimate of drug-likeness (QED) is 0.731. The molecule has 0 saturated carbocycles. The van der Waals surface area contributed by atoms with Crippen LogP contribution in [0.25, 0.3) is 0 Å². The summed E-state index contributed by atoms with van der Waals surface area (Å²) in [5, 5.41) is 3.40. The second kappa shape index (κ2) is 8.43. The Kier molecular flexibility index (Phi) is 6.21. The number of amides is 1. The van der Waals surface area contributed by atoms with Crippen molar-refractivity contribution < 1.29 is 22.5 Å². The number of nitrogens with zero attached hydrogens (tertiary/aromatic N) is 1. The van der Waals surface area contributed by atoms with Crippen LogP contribution in [0, 0.1) is 0 Å². The number of sulfonamides is 1. The van der Waals surface area contributed by atoms with Crippen LogP contribution in [0.1, 0.15) is 18.7 Å². The van der Waals surface area contributed by atoms with Crippen LogP contribution in [-0.2, 0) is 14.8 Å². The normalized spacial score (nSPS) is 17.6. The van der Waals surface area contributed by atoms with E-state index >= 15 is 0 Å². The van der Waals surface area contributed by atoms with Crippen molar-refractivity contribution in [2.24, 2.45) is 0 Å². The van der Waals surface area contributed by atoms with Crippen molar-refractivity contribution in [3.05, 3.63) is 53.4 Å². The highest BCUT2D eigenvalue weighted by molar-refractivity contribution is 7.89. The number of halogens is 1. The van der Waals surface area contributed by atoms with E-state index in [0.29, 0.717) is 43.5 Å². The Bertz CT molecular complexity index is 861. The van der Waals surface area contributed by atoms with E-state index in [9.17, 15) is 13.2 Å². The first kappa shape index (κ1) is 19.9. The molecule has 2 N–H and O–H groups in total. The van der Waals surface area contributed by atoms with Gasteiger partial charge < -0.3 is 14.6 Å². The average Bonchev–Trinajstić information content (AvgIpc) is 3.17. The monoisotopic (exact) mass is 412 g/mol. The molecule has 1 aliphatic rings. The molecule has 1 aromatic heterocycles. The summed E-state index contributed by atoms with van der Waals surface area (Å²) in [6.45, 7) is 4.08. The number of hydrogen-bond acceptors (Lipinski definition) is 4. The summed E-state index contributed by atoms with van der Waals surface area (Å²) < 4.78 is 32.1. The van der Waals surface area contributed by atoms with Crippen LogP contribution in [0.15, 0.2) is 52.0 Å². The third-order valence-corrected chi connectivity index (χ3v) is 6.80. The number of furan rings is 1. The molecule has 0 radical (unpaired) electrons. The smallest absolute Gasteiger partial charge is 0.275 e. The molecule has 1 saturated heterocycles. The zero-order chi connectivity index (χ0) is 19.4. The van der Waals surface area contributed by atoms with Crippen molar-refractivity contribution in [3.8, 4) is 0 Å². The molecule has 0 bridgehead atoms. The van der Waals surface area contributed by atoms with Crippen molar-refractivity contribution >= 4 is 27.5 Å². The van der Waals surface area contributed by atoms with Crippen LogP contribution in [0.3, 0.4) is 0 Å². The molecule has 2 aromatic rings. The Morgan fingerprint density at radius 2 is 1.93 bits per heavy atom. The molecule has 0 spiro atoms. The van der Waals surface area contributed by atoms with Crippen molar-refractivity contribution in [1.82, 2.24) is 9.62 Å². The van der Waals surface area contributed by atoms with Gasteiger partial charge in [0.05, 0.1) is 43.4 Å². The first-order valence-electron chi connectivity index (χ1n) is 8.78. The van der Waals surface area contributed by atoms with Crippen LogP contribution >= 0.6 is 11.6 Å². The number of carbonyl (C=O) groups excluding carboxylic acids is 1. The third-order valence-electron chi connectivity index (χ3n) is 4.64. The van der Waals surface area contributed by atoms with E-state index in [1.165, 1.54) is 16.4 Å². The minimum atomic E-state index is -3.53. The van der Waals surface area contributed by atoms with E-state index < -0.39 is 10.0 Å². The molecule has 1 aliphatic heterocycles. The third kappa shape index (κ3) is 4.90. The molecular weight excluding hydrogens is 390 g/mol. The van der Waals surface area contributed by atoms with E-state index in [4.69, 9.17) is 16.0 Å². The summed E-state index contributed by atoms with van der Waals surface area (Å²) in [5.41, 5.74) is 0. The predicted octanol–water partition coefficient (Wildman–Crippen LogP) is 0.700. The zero-order valence-corrected chi connectivity index (χ0v) is 16.6. The summed E-state index contributed by atoms with van der Waals surface area (Å²) in [6.07, 6.45) is 1.57. The van der Waals surface area contributed by atoms with Gasteiger partial charge in [-0.2, -0.15) is 4.31 Å². The van der Waals surface area contributed by atoms with Gasteiger partial charge >= 0.3 is 0 Å². The molecule has 1 fully saturated rings. The van der Waals surface area contributed by atoms with Gasteiger partial charge in [0.15, 0.2) is 6.54 Å². The Labute approximate surface area is 163 Å². The van der Waals surface area contributed by atoms with Gasteiger partial charge in [-0.3, -0.25) is 4.79 Å². The summed E-state index contributed by atoms with van der Waals surface area (Å²) in [6, 6.07) is 9.57. The lowest BCUT2D eigenvalue weighted by molar-refractivity contribution is -0.895. The van der Waals surface area contributed by atoms with Crippen LogP contribution in [0.5, 0.6) is 0 Å². The van der Waals surface area contributed by atoms with Crippen molar-refractivity contribution in [2.75, 3.05) is 32.7 Å². The van der Waals surface area contributed by atoms with E-state index in [1.54, 1.807) is 24.5 Å². The zero-order valence-electron chi connectivity index (χ0n) is 15.0. The second-order valence-electron chi connectivity index (χ2n) is 6.59. The van der Waals surface area contributed by atoms with Crippen molar-refractivity contribution in [1.29, 1.82) is 0 Å². The number of carbonyl (C=O) groups is 1. The summed E-state index contributed by atoms with van der Waals surface area (Å²) >= 11 is 5.83. The largest absolute Gasteiger partial charge is 0.467 e. The van der Waals surface area contributed by atoms with Crippen molar-refractivity contribution in [3.63, 3.8) is 0 Å². The maximum absolute atomic E-state index is 12.7. The lowest BCUT2D eigenvalue weighted by Gasteiger charge is -2.31. The molecule has 3 rings (SSSR count). The molecule has 0 unspecified atom stereocenters. The summed E-state index contributed by atoms with van der Waals surface area (Å²) in [5.74, 6) is 0.625. The summed E-state index contributed by atoms with van der Waals surface area (Å²) in [4.78, 5) is 13.5. The predicted molar refractivity (Wildman–Crippen MR) is 101 cm³/mol. The van der Waals surface area contributed by atoms with Gasteiger partial charge in [-0.25, -0.2) is 8.42 Å². The second-order valence-corrected chi connectivity index (χ2v) is 8.96. The first-order chi connectivity index (χ1) is 12.9. The minimum Gasteiger partial charge on any atom is -0.467 e. The van der Waals surface area contributed by atoms with E-state index in [2.05, 4.69) is 5.32 Å². The number of hydrogen-bond donors (Lipinski definition) is 2. The molecule has 27 heavy (non-hydrogen) atoms. The van der Waals surface area contributed by atoms with E-state index in [1.807, 2.05) is 13.0 Å². The molecule has 2 heterocycles. The topological polar surface area (TPSA) is 84.1 Å². The van der Waals surface area contributed by atoms with Crippen LogP contribution in [0.4, 0.5) is 0 Å². The maximum atomic E-state index is 12.7. The van der Waals surface area contributed by atoms with Gasteiger partial charge in [0, 0.05) is 5.02 Å². The Morgan fingerprint density at radius 3 is 2.52 bits per heavy atom. The van der Waals surface area contributed by atoms with Crippen LogP contribution in [-0.4, -0.2) is 51.4 Å². The van der Waals surface area contributed by atoms with Gasteiger partial charge in [-0.05, 0) is 43.3 Å². The molecule has 1 aromatic carbocycles. The molecule has 146 valence electrons. The van der Waals surface area contributed by atoms with Gasteiger partial charge in [-0.15, -0.1) is 0 Å². The molecular formula is C18H23ClN3O4S+. The highest BCUT2D eigenvalue weighted by Gasteiger charge is 2.31. The van der Waals surface area contributed by atoms with E-state index in [0.717, 1.165) is 4.90 Å². The molecule has 0 aliphatic carbocycles. The fourth-order valence-electron chi connectivity index (χ4n) is 3.10. The number of piperazine rings is 1. The Balaban J connectivity index is 1.51. The van der Waals surface area contributed by atoms with Crippen molar-refractivity contribution in [2.45, 2.75) is 17.9 Å². The maximum Gasteiger partial charge on any atom is 0.275 e. The van der Waals surface area contributed by atoms with Gasteiger partial charge in [0.2, 0.25) is 10.0 Å². The first-order valence-corrected chi connectivity index (χ1v) is 10.6. The van der Waals surface area contributed by atoms with Gasteiger partial charge in [0.1, 0.15) is 5.76 Å². The number of nitrogens with one attached hydrogen (secondary N) is 2. The highest BCUT2D eigenvalue weighted by atomic mass is 35.5. The van der Waals surface area contributed by atoms with Gasteiger partial charge in [-0.1, -0.05) is 11.6 Å². The fourth-order valence-corrected chi connectivity index (χ4v) is 4.67. The molecule has 7 nitrogen and oxygen atoms in total.